The molecule has 1 aromatic rings. The molecule has 19 heavy (non-hydrogen) atoms. The van der Waals surface area contributed by atoms with Crippen molar-refractivity contribution in [2.75, 3.05) is 5.32 Å². The second-order valence-electron chi connectivity index (χ2n) is 5.02. The van der Waals surface area contributed by atoms with E-state index < -0.39 is 11.9 Å². The van der Waals surface area contributed by atoms with E-state index >= 15 is 0 Å². The molecule has 102 valence electrons. The van der Waals surface area contributed by atoms with Crippen molar-refractivity contribution >= 4 is 17.9 Å². The molecule has 0 spiro atoms. The largest absolute Gasteiger partial charge is 0.481 e. The number of amides is 2. The molecule has 3 atom stereocenters. The predicted molar refractivity (Wildman–Crippen MR) is 64.4 cm³/mol. The number of carboxylic acid groups (broad SMARTS) is 1. The lowest BCUT2D eigenvalue weighted by Gasteiger charge is -2.22. The Morgan fingerprint density at radius 3 is 2.84 bits per heavy atom. The Bertz CT molecular complexity index is 528. The van der Waals surface area contributed by atoms with Gasteiger partial charge >= 0.3 is 12.0 Å². The Labute approximate surface area is 109 Å². The second kappa shape index (κ2) is 4.22. The van der Waals surface area contributed by atoms with E-state index in [1.165, 1.54) is 11.0 Å². The third-order valence-corrected chi connectivity index (χ3v) is 4.02. The van der Waals surface area contributed by atoms with Crippen LogP contribution in [0.4, 0.5) is 10.7 Å². The number of carbonyl (C=O) groups is 2. The molecular formula is C11H15N5O3. The normalized spacial score (nSPS) is 28.7. The van der Waals surface area contributed by atoms with Crippen molar-refractivity contribution in [1.82, 2.24) is 19.7 Å². The quantitative estimate of drug-likeness (QED) is 0.800. The van der Waals surface area contributed by atoms with Crippen LogP contribution in [0.5, 0.6) is 0 Å². The summed E-state index contributed by atoms with van der Waals surface area (Å²) in [6, 6.07) is -0.456. The van der Waals surface area contributed by atoms with E-state index in [0.717, 1.165) is 12.8 Å². The van der Waals surface area contributed by atoms with E-state index in [1.807, 2.05) is 0 Å². The number of nitrogens with zero attached hydrogens (tertiary/aromatic N) is 4. The maximum absolute atomic E-state index is 12.2. The van der Waals surface area contributed by atoms with Crippen LogP contribution in [0.2, 0.25) is 0 Å². The van der Waals surface area contributed by atoms with Gasteiger partial charge in [-0.3, -0.25) is 10.1 Å². The highest BCUT2D eigenvalue weighted by molar-refractivity contribution is 5.89. The molecule has 3 rings (SSSR count). The number of carbonyl (C=O) groups excluding carboxylic acids is 1. The van der Waals surface area contributed by atoms with Crippen LogP contribution >= 0.6 is 0 Å². The number of aromatic nitrogens is 3. The number of hydrogen-bond donors (Lipinski definition) is 2. The highest BCUT2D eigenvalue weighted by Crippen LogP contribution is 2.41. The summed E-state index contributed by atoms with van der Waals surface area (Å²) in [6.07, 6.45) is 3.54. The number of aryl methyl sites for hydroxylation is 1. The topological polar surface area (TPSA) is 100 Å². The summed E-state index contributed by atoms with van der Waals surface area (Å²) in [5.41, 5.74) is 0. The van der Waals surface area contributed by atoms with E-state index in [-0.39, 0.29) is 18.1 Å². The first kappa shape index (κ1) is 11.9. The van der Waals surface area contributed by atoms with Crippen LogP contribution in [0.15, 0.2) is 6.33 Å². The first-order chi connectivity index (χ1) is 9.08. The zero-order valence-corrected chi connectivity index (χ0v) is 10.5. The Kier molecular flexibility index (Phi) is 2.65. The van der Waals surface area contributed by atoms with Gasteiger partial charge in [-0.2, -0.15) is 10.1 Å². The van der Waals surface area contributed by atoms with Gasteiger partial charge in [0.15, 0.2) is 0 Å². The minimum absolute atomic E-state index is 0.0272. The summed E-state index contributed by atoms with van der Waals surface area (Å²) >= 11 is 0. The fourth-order valence-electron chi connectivity index (χ4n) is 3.14. The fourth-order valence-corrected chi connectivity index (χ4v) is 3.14. The summed E-state index contributed by atoms with van der Waals surface area (Å²) in [5.74, 6) is -0.893. The molecule has 2 N–H and O–H groups in total. The van der Waals surface area contributed by atoms with Gasteiger partial charge in [0.2, 0.25) is 5.95 Å². The SMILES string of the molecule is Cn1ncnc1NC(=O)N1C2CCC1C(C(=O)O)C2. The third-order valence-electron chi connectivity index (χ3n) is 4.02. The summed E-state index contributed by atoms with van der Waals surface area (Å²) in [5, 5.41) is 15.7. The van der Waals surface area contributed by atoms with Crippen molar-refractivity contribution in [2.24, 2.45) is 13.0 Å². The van der Waals surface area contributed by atoms with E-state index in [0.29, 0.717) is 12.4 Å². The van der Waals surface area contributed by atoms with Gasteiger partial charge in [-0.05, 0) is 19.3 Å². The number of carboxylic acids is 1. The van der Waals surface area contributed by atoms with Crippen LogP contribution in [-0.2, 0) is 11.8 Å². The molecule has 2 bridgehead atoms. The average molecular weight is 265 g/mol. The smallest absolute Gasteiger partial charge is 0.324 e. The number of urea groups is 1. The van der Waals surface area contributed by atoms with Gasteiger partial charge in [-0.25, -0.2) is 9.48 Å². The monoisotopic (exact) mass is 265 g/mol. The highest BCUT2D eigenvalue weighted by Gasteiger charge is 2.51. The molecule has 2 aliphatic rings. The van der Waals surface area contributed by atoms with Crippen molar-refractivity contribution < 1.29 is 14.7 Å². The van der Waals surface area contributed by atoms with Crippen LogP contribution in [0.3, 0.4) is 0 Å². The number of nitrogens with one attached hydrogen (secondary N) is 1. The first-order valence-electron chi connectivity index (χ1n) is 6.24. The van der Waals surface area contributed by atoms with Gasteiger partial charge in [-0.1, -0.05) is 0 Å². The Balaban J connectivity index is 1.75. The van der Waals surface area contributed by atoms with E-state index in [1.54, 1.807) is 11.9 Å². The van der Waals surface area contributed by atoms with E-state index in [2.05, 4.69) is 15.4 Å². The number of fused-ring (bicyclic) bond motifs is 2. The van der Waals surface area contributed by atoms with Crippen molar-refractivity contribution in [3.8, 4) is 0 Å². The Morgan fingerprint density at radius 1 is 1.47 bits per heavy atom. The van der Waals surface area contributed by atoms with E-state index in [9.17, 15) is 9.59 Å². The van der Waals surface area contributed by atoms with Gasteiger partial charge in [0.25, 0.3) is 0 Å². The lowest BCUT2D eigenvalue weighted by atomic mass is 9.89. The molecule has 8 heteroatoms. The summed E-state index contributed by atoms with van der Waals surface area (Å²) in [4.78, 5) is 29.0. The standard InChI is InChI=1S/C11H15N5O3/c1-15-10(12-5-13-15)14-11(19)16-6-2-3-8(16)7(4-6)9(17)18/h5-8H,2-4H2,1H3,(H,17,18)(H,12,13,14,19). The van der Waals surface area contributed by atoms with Crippen LogP contribution in [0.25, 0.3) is 0 Å². The minimum atomic E-state index is -0.816. The number of hydrogen-bond acceptors (Lipinski definition) is 4. The number of anilines is 1. The van der Waals surface area contributed by atoms with Gasteiger partial charge < -0.3 is 10.0 Å². The van der Waals surface area contributed by atoms with Crippen molar-refractivity contribution in [3.05, 3.63) is 6.33 Å². The molecule has 2 saturated heterocycles. The summed E-state index contributed by atoms with van der Waals surface area (Å²) in [6.45, 7) is 0. The van der Waals surface area contributed by atoms with Gasteiger partial charge in [-0.15, -0.1) is 0 Å². The molecule has 2 amide bonds. The van der Waals surface area contributed by atoms with Crippen molar-refractivity contribution in [2.45, 2.75) is 31.3 Å². The fraction of sp³-hybridized carbons (Fsp3) is 0.636. The zero-order valence-electron chi connectivity index (χ0n) is 10.5. The van der Waals surface area contributed by atoms with Crippen LogP contribution in [0.1, 0.15) is 19.3 Å². The number of aliphatic carboxylic acids is 1. The van der Waals surface area contributed by atoms with E-state index in [4.69, 9.17) is 5.11 Å². The average Bonchev–Trinajstić information content (AvgIpc) is 3.04. The zero-order chi connectivity index (χ0) is 13.6. The lowest BCUT2D eigenvalue weighted by molar-refractivity contribution is -0.142. The maximum Gasteiger partial charge on any atom is 0.324 e. The second-order valence-corrected chi connectivity index (χ2v) is 5.02. The van der Waals surface area contributed by atoms with Gasteiger partial charge in [0.05, 0.1) is 5.92 Å². The molecule has 2 fully saturated rings. The Hall–Kier alpha value is -2.12. The van der Waals surface area contributed by atoms with Gasteiger partial charge in [0, 0.05) is 19.1 Å². The lowest BCUT2D eigenvalue weighted by Crippen LogP contribution is -2.41. The third kappa shape index (κ3) is 1.83. The molecule has 0 aliphatic carbocycles. The van der Waals surface area contributed by atoms with Crippen LogP contribution < -0.4 is 5.32 Å². The molecule has 0 aromatic carbocycles. The minimum Gasteiger partial charge on any atom is -0.481 e. The highest BCUT2D eigenvalue weighted by atomic mass is 16.4. The molecular weight excluding hydrogens is 250 g/mol. The number of rotatable bonds is 2. The molecule has 0 saturated carbocycles. The molecule has 8 nitrogen and oxygen atoms in total. The Morgan fingerprint density at radius 2 is 2.26 bits per heavy atom. The molecule has 1 aromatic heterocycles. The molecule has 3 heterocycles. The van der Waals surface area contributed by atoms with Crippen molar-refractivity contribution in [1.29, 1.82) is 0 Å². The molecule has 0 radical (unpaired) electrons. The predicted octanol–water partition coefficient (Wildman–Crippen LogP) is 0.284. The molecule has 2 aliphatic heterocycles. The van der Waals surface area contributed by atoms with Crippen LogP contribution in [0, 0.1) is 5.92 Å². The van der Waals surface area contributed by atoms with Gasteiger partial charge in [0.1, 0.15) is 6.33 Å². The summed E-state index contributed by atoms with van der Waals surface area (Å²) in [7, 11) is 1.68. The van der Waals surface area contributed by atoms with Crippen molar-refractivity contribution in [3.63, 3.8) is 0 Å². The van der Waals surface area contributed by atoms with Crippen LogP contribution in [-0.4, -0.2) is 48.9 Å². The first-order valence-corrected chi connectivity index (χ1v) is 6.24. The maximum atomic E-state index is 12.2. The molecule has 3 unspecified atom stereocenters. The summed E-state index contributed by atoms with van der Waals surface area (Å²) < 4.78 is 1.46.